The van der Waals surface area contributed by atoms with Crippen molar-refractivity contribution >= 4 is 12.1 Å². The van der Waals surface area contributed by atoms with Crippen molar-refractivity contribution in [2.24, 2.45) is 0 Å². The molecule has 0 aromatic heterocycles. The first-order valence-electron chi connectivity index (χ1n) is 3.84. The summed E-state index contributed by atoms with van der Waals surface area (Å²) in [4.78, 5) is 26.1. The lowest BCUT2D eigenvalue weighted by molar-refractivity contribution is 0.0239. The number of methoxy groups -OCH3 is 1. The molecule has 1 N–H and O–H groups in total. The second-order valence-electron chi connectivity index (χ2n) is 2.35. The Kier molecular flexibility index (Phi) is 3.49. The van der Waals surface area contributed by atoms with Crippen LogP contribution in [0, 0.1) is 0 Å². The van der Waals surface area contributed by atoms with Gasteiger partial charge in [0.2, 0.25) is 0 Å². The van der Waals surface area contributed by atoms with E-state index in [1.807, 2.05) is 5.48 Å². The zero-order valence-corrected chi connectivity index (χ0v) is 7.52. The van der Waals surface area contributed by atoms with Crippen LogP contribution < -0.4 is 5.48 Å². The highest BCUT2D eigenvalue weighted by Crippen LogP contribution is 1.99. The maximum absolute atomic E-state index is 11.2. The molecule has 0 aliphatic rings. The SMILES string of the molecule is COC(=O)NOC(=O)c1ccccc1. The van der Waals surface area contributed by atoms with Crippen molar-refractivity contribution in [3.63, 3.8) is 0 Å². The van der Waals surface area contributed by atoms with Gasteiger partial charge in [-0.15, -0.1) is 5.48 Å². The topological polar surface area (TPSA) is 64.6 Å². The van der Waals surface area contributed by atoms with Gasteiger partial charge in [0.05, 0.1) is 12.7 Å². The first-order valence-corrected chi connectivity index (χ1v) is 3.84. The largest absolute Gasteiger partial charge is 0.451 e. The Labute approximate surface area is 80.6 Å². The van der Waals surface area contributed by atoms with E-state index in [-0.39, 0.29) is 0 Å². The quantitative estimate of drug-likeness (QED) is 0.682. The third kappa shape index (κ3) is 2.78. The van der Waals surface area contributed by atoms with Crippen LogP contribution in [0.4, 0.5) is 4.79 Å². The van der Waals surface area contributed by atoms with Crippen LogP contribution in [0.1, 0.15) is 10.4 Å². The van der Waals surface area contributed by atoms with Crippen molar-refractivity contribution in [1.82, 2.24) is 5.48 Å². The molecule has 5 nitrogen and oxygen atoms in total. The van der Waals surface area contributed by atoms with E-state index in [0.717, 1.165) is 0 Å². The zero-order chi connectivity index (χ0) is 10.4. The lowest BCUT2D eigenvalue weighted by atomic mass is 10.2. The Bertz CT molecular complexity index is 323. The molecule has 0 radical (unpaired) electrons. The van der Waals surface area contributed by atoms with Gasteiger partial charge in [0.1, 0.15) is 0 Å². The highest BCUT2D eigenvalue weighted by atomic mass is 16.7. The molecule has 0 saturated carbocycles. The zero-order valence-electron chi connectivity index (χ0n) is 7.52. The molecule has 1 aromatic carbocycles. The molecule has 0 atom stereocenters. The van der Waals surface area contributed by atoms with E-state index in [0.29, 0.717) is 5.56 Å². The maximum Gasteiger partial charge on any atom is 0.440 e. The van der Waals surface area contributed by atoms with Crippen molar-refractivity contribution in [2.75, 3.05) is 7.11 Å². The van der Waals surface area contributed by atoms with Gasteiger partial charge in [-0.05, 0) is 12.1 Å². The van der Waals surface area contributed by atoms with Gasteiger partial charge in [-0.3, -0.25) is 0 Å². The molecule has 1 rings (SSSR count). The summed E-state index contributed by atoms with van der Waals surface area (Å²) in [5.74, 6) is -0.643. The average molecular weight is 195 g/mol. The molecular weight excluding hydrogens is 186 g/mol. The number of carbonyl (C=O) groups is 2. The van der Waals surface area contributed by atoms with Gasteiger partial charge in [0.25, 0.3) is 0 Å². The van der Waals surface area contributed by atoms with Crippen LogP contribution >= 0.6 is 0 Å². The summed E-state index contributed by atoms with van der Waals surface area (Å²) < 4.78 is 4.21. The third-order valence-corrected chi connectivity index (χ3v) is 1.42. The molecule has 0 bridgehead atoms. The fourth-order valence-electron chi connectivity index (χ4n) is 0.763. The molecule has 0 spiro atoms. The van der Waals surface area contributed by atoms with Gasteiger partial charge in [-0.25, -0.2) is 9.59 Å². The van der Waals surface area contributed by atoms with Crippen LogP contribution in [-0.2, 0) is 9.57 Å². The number of ether oxygens (including phenoxy) is 1. The van der Waals surface area contributed by atoms with Gasteiger partial charge in [0, 0.05) is 0 Å². The first-order chi connectivity index (χ1) is 6.74. The Morgan fingerprint density at radius 3 is 2.43 bits per heavy atom. The minimum absolute atomic E-state index is 0.351. The second kappa shape index (κ2) is 4.86. The fraction of sp³-hybridized carbons (Fsp3) is 0.111. The van der Waals surface area contributed by atoms with Crippen molar-refractivity contribution < 1.29 is 19.2 Å². The molecule has 5 heteroatoms. The molecule has 14 heavy (non-hydrogen) atoms. The highest BCUT2D eigenvalue weighted by molar-refractivity contribution is 5.89. The van der Waals surface area contributed by atoms with Crippen LogP contribution in [0.25, 0.3) is 0 Å². The molecule has 1 aromatic rings. The van der Waals surface area contributed by atoms with Crippen molar-refractivity contribution in [1.29, 1.82) is 0 Å². The summed E-state index contributed by atoms with van der Waals surface area (Å²) in [6.45, 7) is 0. The molecule has 1 amide bonds. The number of carbonyl (C=O) groups excluding carboxylic acids is 2. The number of benzene rings is 1. The molecule has 0 fully saturated rings. The summed E-state index contributed by atoms with van der Waals surface area (Å²) in [7, 11) is 1.17. The van der Waals surface area contributed by atoms with Gasteiger partial charge in [-0.1, -0.05) is 18.2 Å². The monoisotopic (exact) mass is 195 g/mol. The molecule has 0 heterocycles. The van der Waals surface area contributed by atoms with E-state index in [2.05, 4.69) is 9.57 Å². The van der Waals surface area contributed by atoms with Crippen LogP contribution in [0.5, 0.6) is 0 Å². The number of hydroxylamine groups is 1. The lowest BCUT2D eigenvalue weighted by Crippen LogP contribution is -2.26. The van der Waals surface area contributed by atoms with Gasteiger partial charge in [-0.2, -0.15) is 0 Å². The summed E-state index contributed by atoms with van der Waals surface area (Å²) in [5, 5.41) is 0. The predicted octanol–water partition coefficient (Wildman–Crippen LogP) is 1.11. The Balaban J connectivity index is 2.48. The van der Waals surface area contributed by atoms with Gasteiger partial charge in [0.15, 0.2) is 0 Å². The number of rotatable bonds is 1. The molecule has 0 unspecified atom stereocenters. The first kappa shape index (κ1) is 10.0. The molecule has 74 valence electrons. The highest BCUT2D eigenvalue weighted by Gasteiger charge is 2.08. The normalized spacial score (nSPS) is 8.93. The summed E-state index contributed by atoms with van der Waals surface area (Å²) >= 11 is 0. The summed E-state index contributed by atoms with van der Waals surface area (Å²) in [6, 6.07) is 8.29. The molecule has 0 saturated heterocycles. The van der Waals surface area contributed by atoms with Gasteiger partial charge >= 0.3 is 12.1 Å². The predicted molar refractivity (Wildman–Crippen MR) is 47.4 cm³/mol. The minimum Gasteiger partial charge on any atom is -0.451 e. The molecule has 0 aliphatic carbocycles. The van der Waals surface area contributed by atoms with E-state index < -0.39 is 12.1 Å². The van der Waals surface area contributed by atoms with Crippen LogP contribution in [0.3, 0.4) is 0 Å². The number of amides is 1. The lowest BCUT2D eigenvalue weighted by Gasteiger charge is -2.03. The smallest absolute Gasteiger partial charge is 0.440 e. The van der Waals surface area contributed by atoms with Crippen LogP contribution in [0.15, 0.2) is 30.3 Å². The van der Waals surface area contributed by atoms with E-state index in [1.165, 1.54) is 7.11 Å². The Hall–Kier alpha value is -2.04. The summed E-state index contributed by atoms with van der Waals surface area (Å²) in [5.41, 5.74) is 2.17. The van der Waals surface area contributed by atoms with Crippen molar-refractivity contribution in [2.45, 2.75) is 0 Å². The van der Waals surface area contributed by atoms with E-state index in [4.69, 9.17) is 0 Å². The number of nitrogens with one attached hydrogen (secondary N) is 1. The second-order valence-corrected chi connectivity index (χ2v) is 2.35. The number of hydrogen-bond donors (Lipinski definition) is 1. The average Bonchev–Trinajstić information content (AvgIpc) is 2.26. The fourth-order valence-corrected chi connectivity index (χ4v) is 0.763. The van der Waals surface area contributed by atoms with Crippen LogP contribution in [-0.4, -0.2) is 19.2 Å². The van der Waals surface area contributed by atoms with Gasteiger partial charge < -0.3 is 9.57 Å². The molecule has 0 aliphatic heterocycles. The Morgan fingerprint density at radius 2 is 1.86 bits per heavy atom. The van der Waals surface area contributed by atoms with Crippen molar-refractivity contribution in [3.8, 4) is 0 Å². The van der Waals surface area contributed by atoms with E-state index in [1.54, 1.807) is 30.3 Å². The molecular formula is C9H9NO4. The standard InChI is InChI=1S/C9H9NO4/c1-13-9(12)10-14-8(11)7-5-3-2-4-6-7/h2-6H,1H3,(H,10,12). The van der Waals surface area contributed by atoms with Crippen molar-refractivity contribution in [3.05, 3.63) is 35.9 Å². The van der Waals surface area contributed by atoms with E-state index in [9.17, 15) is 9.59 Å². The maximum atomic E-state index is 11.2. The van der Waals surface area contributed by atoms with E-state index >= 15 is 0 Å². The summed E-state index contributed by atoms with van der Waals surface area (Å²) in [6.07, 6.45) is -0.825. The van der Waals surface area contributed by atoms with Crippen LogP contribution in [0.2, 0.25) is 0 Å². The minimum atomic E-state index is -0.825. The Morgan fingerprint density at radius 1 is 1.21 bits per heavy atom. The third-order valence-electron chi connectivity index (χ3n) is 1.42. The number of hydrogen-bond acceptors (Lipinski definition) is 4.